The Balaban J connectivity index is 2.24. The van der Waals surface area contributed by atoms with Crippen LogP contribution in [0.25, 0.3) is 0 Å². The van der Waals surface area contributed by atoms with Crippen LogP contribution >= 0.6 is 0 Å². The number of rotatable bonds is 5. The van der Waals surface area contributed by atoms with Crippen molar-refractivity contribution in [2.75, 3.05) is 18.1 Å². The number of benzene rings is 1. The SMILES string of the molecule is CCNC(CC1CCS(=O)(=O)C1)c1c(C)cc(C)cc1F. The van der Waals surface area contributed by atoms with Gasteiger partial charge >= 0.3 is 0 Å². The molecule has 1 N–H and O–H groups in total. The highest BCUT2D eigenvalue weighted by Gasteiger charge is 2.31. The second-order valence-corrected chi connectivity index (χ2v) is 8.32. The normalized spacial score (nSPS) is 22.4. The van der Waals surface area contributed by atoms with Crippen molar-refractivity contribution < 1.29 is 12.8 Å². The van der Waals surface area contributed by atoms with E-state index in [4.69, 9.17) is 0 Å². The van der Waals surface area contributed by atoms with Crippen LogP contribution in [0, 0.1) is 25.6 Å². The van der Waals surface area contributed by atoms with E-state index in [9.17, 15) is 12.8 Å². The Labute approximate surface area is 126 Å². The molecule has 1 aliphatic rings. The van der Waals surface area contributed by atoms with Crippen molar-refractivity contribution in [1.29, 1.82) is 0 Å². The molecule has 118 valence electrons. The maximum absolute atomic E-state index is 14.4. The molecule has 0 saturated carbocycles. The van der Waals surface area contributed by atoms with Crippen molar-refractivity contribution in [2.24, 2.45) is 5.92 Å². The minimum absolute atomic E-state index is 0.117. The van der Waals surface area contributed by atoms with Crippen LogP contribution in [0.4, 0.5) is 4.39 Å². The number of aryl methyl sites for hydroxylation is 2. The molecule has 5 heteroatoms. The molecule has 0 amide bonds. The third kappa shape index (κ3) is 4.04. The second-order valence-electron chi connectivity index (χ2n) is 6.09. The molecule has 0 aromatic heterocycles. The number of hydrogen-bond acceptors (Lipinski definition) is 3. The van der Waals surface area contributed by atoms with E-state index in [1.807, 2.05) is 26.8 Å². The van der Waals surface area contributed by atoms with Crippen molar-refractivity contribution in [3.8, 4) is 0 Å². The second kappa shape index (κ2) is 6.44. The molecule has 1 heterocycles. The summed E-state index contributed by atoms with van der Waals surface area (Å²) in [5, 5.41) is 3.32. The molecule has 21 heavy (non-hydrogen) atoms. The van der Waals surface area contributed by atoms with Gasteiger partial charge < -0.3 is 5.32 Å². The van der Waals surface area contributed by atoms with E-state index < -0.39 is 9.84 Å². The molecule has 3 nitrogen and oxygen atoms in total. The maximum Gasteiger partial charge on any atom is 0.150 e. The Kier molecular flexibility index (Phi) is 5.04. The average molecular weight is 313 g/mol. The summed E-state index contributed by atoms with van der Waals surface area (Å²) in [6, 6.07) is 3.42. The van der Waals surface area contributed by atoms with E-state index in [1.165, 1.54) is 0 Å². The predicted molar refractivity (Wildman–Crippen MR) is 83.7 cm³/mol. The molecular formula is C16H24FNO2S. The van der Waals surface area contributed by atoms with Gasteiger partial charge in [-0.2, -0.15) is 0 Å². The average Bonchev–Trinajstić information content (AvgIpc) is 2.67. The van der Waals surface area contributed by atoms with Gasteiger partial charge in [0.25, 0.3) is 0 Å². The number of halogens is 1. The molecule has 1 fully saturated rings. The summed E-state index contributed by atoms with van der Waals surface area (Å²) in [5.41, 5.74) is 2.53. The van der Waals surface area contributed by atoms with Gasteiger partial charge in [-0.3, -0.25) is 0 Å². The lowest BCUT2D eigenvalue weighted by molar-refractivity contribution is 0.408. The van der Waals surface area contributed by atoms with Crippen molar-refractivity contribution >= 4 is 9.84 Å². The molecule has 0 radical (unpaired) electrons. The first-order valence-corrected chi connectivity index (χ1v) is 9.35. The Morgan fingerprint density at radius 3 is 2.62 bits per heavy atom. The predicted octanol–water partition coefficient (Wildman–Crippen LogP) is 2.92. The fourth-order valence-electron chi connectivity index (χ4n) is 3.31. The maximum atomic E-state index is 14.4. The molecule has 1 aliphatic heterocycles. The first-order valence-electron chi connectivity index (χ1n) is 7.53. The van der Waals surface area contributed by atoms with Gasteiger partial charge in [0.1, 0.15) is 5.82 Å². The van der Waals surface area contributed by atoms with Gasteiger partial charge in [0.05, 0.1) is 11.5 Å². The summed E-state index contributed by atoms with van der Waals surface area (Å²) >= 11 is 0. The summed E-state index contributed by atoms with van der Waals surface area (Å²) in [4.78, 5) is 0. The fraction of sp³-hybridized carbons (Fsp3) is 0.625. The molecule has 0 spiro atoms. The standard InChI is InChI=1S/C16H24FNO2S/c1-4-18-15(9-13-5-6-21(19,20)10-13)16-12(3)7-11(2)8-14(16)17/h7-8,13,15,18H,4-6,9-10H2,1-3H3. The summed E-state index contributed by atoms with van der Waals surface area (Å²) in [6.07, 6.45) is 1.37. The van der Waals surface area contributed by atoms with Crippen LogP contribution in [-0.4, -0.2) is 26.5 Å². The van der Waals surface area contributed by atoms with Crippen LogP contribution in [0.5, 0.6) is 0 Å². The molecular weight excluding hydrogens is 289 g/mol. The number of nitrogens with one attached hydrogen (secondary N) is 1. The molecule has 1 saturated heterocycles. The lowest BCUT2D eigenvalue weighted by Gasteiger charge is -2.24. The summed E-state index contributed by atoms with van der Waals surface area (Å²) in [7, 11) is -2.89. The Morgan fingerprint density at radius 2 is 2.10 bits per heavy atom. The van der Waals surface area contributed by atoms with E-state index in [2.05, 4.69) is 5.32 Å². The van der Waals surface area contributed by atoms with Gasteiger partial charge in [0.15, 0.2) is 9.84 Å². The summed E-state index contributed by atoms with van der Waals surface area (Å²) in [5.74, 6) is 0.436. The van der Waals surface area contributed by atoms with Crippen LogP contribution < -0.4 is 5.32 Å². The zero-order valence-corrected chi connectivity index (χ0v) is 13.8. The first kappa shape index (κ1) is 16.4. The van der Waals surface area contributed by atoms with E-state index in [-0.39, 0.29) is 29.3 Å². The highest BCUT2D eigenvalue weighted by Crippen LogP contribution is 2.32. The van der Waals surface area contributed by atoms with Crippen LogP contribution in [0.3, 0.4) is 0 Å². The fourth-order valence-corrected chi connectivity index (χ4v) is 5.19. The van der Waals surface area contributed by atoms with Gasteiger partial charge in [0, 0.05) is 11.6 Å². The van der Waals surface area contributed by atoms with E-state index in [0.717, 1.165) is 17.7 Å². The molecule has 1 aromatic carbocycles. The van der Waals surface area contributed by atoms with E-state index >= 15 is 0 Å². The zero-order valence-electron chi connectivity index (χ0n) is 12.9. The lowest BCUT2D eigenvalue weighted by Crippen LogP contribution is -2.25. The van der Waals surface area contributed by atoms with Crippen molar-refractivity contribution in [2.45, 2.75) is 39.7 Å². The van der Waals surface area contributed by atoms with Gasteiger partial charge in [-0.05, 0) is 56.3 Å². The molecule has 0 bridgehead atoms. The van der Waals surface area contributed by atoms with Crippen molar-refractivity contribution in [3.05, 3.63) is 34.6 Å². The minimum Gasteiger partial charge on any atom is -0.310 e. The molecule has 1 aromatic rings. The highest BCUT2D eigenvalue weighted by atomic mass is 32.2. The van der Waals surface area contributed by atoms with Gasteiger partial charge in [-0.25, -0.2) is 12.8 Å². The topological polar surface area (TPSA) is 46.2 Å². The lowest BCUT2D eigenvalue weighted by atomic mass is 9.90. The number of hydrogen-bond donors (Lipinski definition) is 1. The summed E-state index contributed by atoms with van der Waals surface area (Å²) in [6.45, 7) is 6.52. The van der Waals surface area contributed by atoms with Crippen LogP contribution in [-0.2, 0) is 9.84 Å². The molecule has 2 atom stereocenters. The Morgan fingerprint density at radius 1 is 1.38 bits per heavy atom. The van der Waals surface area contributed by atoms with Gasteiger partial charge in [-0.1, -0.05) is 13.0 Å². The monoisotopic (exact) mass is 313 g/mol. The minimum atomic E-state index is -2.89. The third-order valence-electron chi connectivity index (χ3n) is 4.18. The van der Waals surface area contributed by atoms with Gasteiger partial charge in [0.2, 0.25) is 0 Å². The van der Waals surface area contributed by atoms with Crippen LogP contribution in [0.15, 0.2) is 12.1 Å². The first-order chi connectivity index (χ1) is 9.82. The molecule has 0 aliphatic carbocycles. The van der Waals surface area contributed by atoms with Crippen LogP contribution in [0.1, 0.15) is 42.5 Å². The largest absolute Gasteiger partial charge is 0.310 e. The summed E-state index contributed by atoms with van der Waals surface area (Å²) < 4.78 is 37.6. The Bertz CT molecular complexity index is 590. The highest BCUT2D eigenvalue weighted by molar-refractivity contribution is 7.91. The van der Waals surface area contributed by atoms with E-state index in [0.29, 0.717) is 18.4 Å². The van der Waals surface area contributed by atoms with Crippen LogP contribution in [0.2, 0.25) is 0 Å². The number of sulfone groups is 1. The quantitative estimate of drug-likeness (QED) is 0.909. The molecule has 2 rings (SSSR count). The smallest absolute Gasteiger partial charge is 0.150 e. The van der Waals surface area contributed by atoms with E-state index in [1.54, 1.807) is 6.07 Å². The van der Waals surface area contributed by atoms with Gasteiger partial charge in [-0.15, -0.1) is 0 Å². The zero-order chi connectivity index (χ0) is 15.6. The Hall–Kier alpha value is -0.940. The molecule has 2 unspecified atom stereocenters. The third-order valence-corrected chi connectivity index (χ3v) is 6.01. The van der Waals surface area contributed by atoms with Crippen molar-refractivity contribution in [1.82, 2.24) is 5.32 Å². The van der Waals surface area contributed by atoms with Crippen molar-refractivity contribution in [3.63, 3.8) is 0 Å².